The summed E-state index contributed by atoms with van der Waals surface area (Å²) in [5.41, 5.74) is 2.75. The van der Waals surface area contributed by atoms with Gasteiger partial charge in [0.1, 0.15) is 0 Å². The zero-order chi connectivity index (χ0) is 21.5. The predicted octanol–water partition coefficient (Wildman–Crippen LogP) is 4.89. The van der Waals surface area contributed by atoms with Crippen molar-refractivity contribution in [3.8, 4) is 0 Å². The van der Waals surface area contributed by atoms with E-state index in [1.807, 2.05) is 23.1 Å². The maximum Gasteiger partial charge on any atom is 0.251 e. The van der Waals surface area contributed by atoms with Crippen LogP contribution in [0.2, 0.25) is 0 Å². The second kappa shape index (κ2) is 10.9. The Morgan fingerprint density at radius 3 is 2.30 bits per heavy atom. The lowest BCUT2D eigenvalue weighted by Gasteiger charge is -2.31. The van der Waals surface area contributed by atoms with Gasteiger partial charge in [0.15, 0.2) is 0 Å². The monoisotopic (exact) mass is 413 g/mol. The van der Waals surface area contributed by atoms with Crippen molar-refractivity contribution in [2.75, 3.05) is 18.0 Å². The van der Waals surface area contributed by atoms with Crippen LogP contribution in [0.3, 0.4) is 0 Å². The highest BCUT2D eigenvalue weighted by atomic mass is 16.2. The molecule has 1 fully saturated rings. The van der Waals surface area contributed by atoms with Crippen LogP contribution in [-0.2, 0) is 11.3 Å². The van der Waals surface area contributed by atoms with Crippen molar-refractivity contribution in [2.24, 2.45) is 0 Å². The molecule has 1 heterocycles. The summed E-state index contributed by atoms with van der Waals surface area (Å²) < 4.78 is 0. The topological polar surface area (TPSA) is 52.7 Å². The van der Waals surface area contributed by atoms with Crippen LogP contribution >= 0.6 is 0 Å². The minimum Gasteiger partial charge on any atom is -0.349 e. The fourth-order valence-electron chi connectivity index (χ4n) is 4.76. The van der Waals surface area contributed by atoms with Crippen LogP contribution in [0.4, 0.5) is 5.69 Å². The number of rotatable bonds is 3. The molecule has 1 aliphatic carbocycles. The highest BCUT2D eigenvalue weighted by molar-refractivity contribution is 5.97. The zero-order valence-electron chi connectivity index (χ0n) is 19.1. The van der Waals surface area contributed by atoms with Crippen molar-refractivity contribution >= 4 is 17.5 Å². The molecule has 5 heteroatoms. The maximum absolute atomic E-state index is 12.9. The normalized spacial score (nSPS) is 19.8. The lowest BCUT2D eigenvalue weighted by Crippen LogP contribution is -2.35. The van der Waals surface area contributed by atoms with Crippen molar-refractivity contribution in [1.29, 1.82) is 0 Å². The van der Waals surface area contributed by atoms with Crippen LogP contribution in [0, 0.1) is 0 Å². The van der Waals surface area contributed by atoms with Crippen LogP contribution in [0.5, 0.6) is 0 Å². The third kappa shape index (κ3) is 6.07. The molecule has 0 unspecified atom stereocenters. The van der Waals surface area contributed by atoms with Crippen molar-refractivity contribution < 1.29 is 9.59 Å². The summed E-state index contributed by atoms with van der Waals surface area (Å²) in [5.74, 6) is 0.0915. The Hall–Kier alpha value is -1.88. The Balaban J connectivity index is 1.91. The molecule has 0 radical (unpaired) electrons. The van der Waals surface area contributed by atoms with E-state index < -0.39 is 0 Å². The van der Waals surface area contributed by atoms with Gasteiger partial charge >= 0.3 is 0 Å². The first-order valence-electron chi connectivity index (χ1n) is 11.9. The molecule has 0 saturated heterocycles. The summed E-state index contributed by atoms with van der Waals surface area (Å²) in [5, 5.41) is 3.21. The molecule has 0 spiro atoms. The second-order valence-electron chi connectivity index (χ2n) is 9.30. The molecule has 0 aromatic heterocycles. The van der Waals surface area contributed by atoms with Crippen LogP contribution in [0.15, 0.2) is 18.2 Å². The van der Waals surface area contributed by atoms with Gasteiger partial charge in [-0.2, -0.15) is 0 Å². The summed E-state index contributed by atoms with van der Waals surface area (Å²) in [6.07, 6.45) is 10.4. The number of hydrogen-bond donors (Lipinski definition) is 1. The molecule has 1 N–H and O–H groups in total. The van der Waals surface area contributed by atoms with E-state index in [1.54, 1.807) is 6.92 Å². The number of carbonyl (C=O) groups is 2. The number of hydrogen-bond acceptors (Lipinski definition) is 3. The largest absolute Gasteiger partial charge is 0.349 e. The molecule has 0 bridgehead atoms. The minimum absolute atomic E-state index is 0.0151. The first kappa shape index (κ1) is 22.8. The highest BCUT2D eigenvalue weighted by Crippen LogP contribution is 2.27. The first-order chi connectivity index (χ1) is 14.5. The first-order valence-corrected chi connectivity index (χ1v) is 11.9. The van der Waals surface area contributed by atoms with E-state index in [1.165, 1.54) is 32.1 Å². The average molecular weight is 414 g/mol. The van der Waals surface area contributed by atoms with Crippen LogP contribution in [0.25, 0.3) is 0 Å². The lowest BCUT2D eigenvalue weighted by atomic mass is 10.0. The molecule has 5 nitrogen and oxygen atoms in total. The number of nitrogens with zero attached hydrogens (tertiary/aromatic N) is 2. The Kier molecular flexibility index (Phi) is 8.32. The summed E-state index contributed by atoms with van der Waals surface area (Å²) in [4.78, 5) is 29.7. The Morgan fingerprint density at radius 2 is 1.63 bits per heavy atom. The third-order valence-corrected chi connectivity index (χ3v) is 6.63. The maximum atomic E-state index is 12.9. The van der Waals surface area contributed by atoms with Gasteiger partial charge in [-0.3, -0.25) is 14.5 Å². The van der Waals surface area contributed by atoms with E-state index in [-0.39, 0.29) is 11.8 Å². The van der Waals surface area contributed by atoms with Crippen LogP contribution in [0.1, 0.15) is 94.5 Å². The van der Waals surface area contributed by atoms with E-state index in [0.717, 1.165) is 56.6 Å². The molecule has 1 aromatic carbocycles. The summed E-state index contributed by atoms with van der Waals surface area (Å²) in [7, 11) is 0. The van der Waals surface area contributed by atoms with Crippen molar-refractivity contribution in [3.05, 3.63) is 29.3 Å². The van der Waals surface area contributed by atoms with E-state index in [4.69, 9.17) is 0 Å². The molecule has 1 saturated carbocycles. The fourth-order valence-corrected chi connectivity index (χ4v) is 4.76. The van der Waals surface area contributed by atoms with Gasteiger partial charge in [0.25, 0.3) is 5.91 Å². The highest BCUT2D eigenvalue weighted by Gasteiger charge is 2.22. The smallest absolute Gasteiger partial charge is 0.251 e. The van der Waals surface area contributed by atoms with Gasteiger partial charge < -0.3 is 10.2 Å². The van der Waals surface area contributed by atoms with E-state index in [9.17, 15) is 9.59 Å². The third-order valence-electron chi connectivity index (χ3n) is 6.63. The number of nitrogens with one attached hydrogen (secondary N) is 1. The van der Waals surface area contributed by atoms with Gasteiger partial charge in [0.05, 0.1) is 0 Å². The van der Waals surface area contributed by atoms with Gasteiger partial charge in [-0.25, -0.2) is 0 Å². The number of carbonyl (C=O) groups excluding carboxylic acids is 2. The minimum atomic E-state index is 0.0151. The molecule has 1 aliphatic heterocycles. The van der Waals surface area contributed by atoms with E-state index in [0.29, 0.717) is 17.6 Å². The molecule has 30 heavy (non-hydrogen) atoms. The Bertz CT molecular complexity index is 725. The molecular weight excluding hydrogens is 374 g/mol. The molecule has 2 amide bonds. The quantitative estimate of drug-likeness (QED) is 0.768. The van der Waals surface area contributed by atoms with Gasteiger partial charge in [-0.05, 0) is 69.8 Å². The molecule has 166 valence electrons. The summed E-state index contributed by atoms with van der Waals surface area (Å²) in [6.45, 7) is 8.67. The predicted molar refractivity (Wildman–Crippen MR) is 123 cm³/mol. The van der Waals surface area contributed by atoms with Crippen molar-refractivity contribution in [2.45, 2.75) is 97.2 Å². The standard InChI is InChI=1S/C25H39N3O2/c1-19(2)27-15-9-5-4-6-10-16-28(20(3)29)24-14-13-21(17-22(24)18-27)25(30)26-23-11-7-8-12-23/h13-14,17,19,23H,4-12,15-16,18H2,1-3H3,(H,26,30). The van der Waals surface area contributed by atoms with Gasteiger partial charge in [0, 0.05) is 43.3 Å². The number of benzene rings is 1. The SMILES string of the molecule is CC(=O)N1CCCCCCCN(C(C)C)Cc2cc(C(=O)NC3CCCC3)ccc21. The van der Waals surface area contributed by atoms with Crippen molar-refractivity contribution in [1.82, 2.24) is 10.2 Å². The summed E-state index contributed by atoms with van der Waals surface area (Å²) >= 11 is 0. The number of anilines is 1. The number of fused-ring (bicyclic) bond motifs is 1. The second-order valence-corrected chi connectivity index (χ2v) is 9.30. The lowest BCUT2D eigenvalue weighted by molar-refractivity contribution is -0.116. The fraction of sp³-hybridized carbons (Fsp3) is 0.680. The van der Waals surface area contributed by atoms with Crippen molar-refractivity contribution in [3.63, 3.8) is 0 Å². The molecule has 3 rings (SSSR count). The molecule has 0 atom stereocenters. The average Bonchev–Trinajstić information content (AvgIpc) is 3.20. The molecule has 1 aromatic rings. The van der Waals surface area contributed by atoms with E-state index in [2.05, 4.69) is 24.1 Å². The molecular formula is C25H39N3O2. The van der Waals surface area contributed by atoms with Gasteiger partial charge in [-0.15, -0.1) is 0 Å². The zero-order valence-corrected chi connectivity index (χ0v) is 19.1. The van der Waals surface area contributed by atoms with E-state index >= 15 is 0 Å². The molecule has 2 aliphatic rings. The van der Waals surface area contributed by atoms with Crippen LogP contribution < -0.4 is 10.2 Å². The Morgan fingerprint density at radius 1 is 0.967 bits per heavy atom. The van der Waals surface area contributed by atoms with Crippen LogP contribution in [-0.4, -0.2) is 41.9 Å². The summed E-state index contributed by atoms with van der Waals surface area (Å²) in [6, 6.07) is 6.63. The number of amides is 2. The Labute approximate surface area is 182 Å². The van der Waals surface area contributed by atoms with Gasteiger partial charge in [0.2, 0.25) is 5.91 Å². The van der Waals surface area contributed by atoms with Gasteiger partial charge in [-0.1, -0.05) is 32.1 Å².